The van der Waals surface area contributed by atoms with Gasteiger partial charge in [-0.2, -0.15) is 0 Å². The molecule has 0 aromatic carbocycles. The van der Waals surface area contributed by atoms with Crippen LogP contribution in [0.1, 0.15) is 13.8 Å². The smallest absolute Gasteiger partial charge is 0.328 e. The molecule has 0 aromatic heterocycles. The van der Waals surface area contributed by atoms with E-state index in [1.54, 1.807) is 13.8 Å². The van der Waals surface area contributed by atoms with Crippen molar-refractivity contribution < 1.29 is 14.3 Å². The molecule has 0 saturated heterocycles. The van der Waals surface area contributed by atoms with E-state index in [1.165, 1.54) is 7.11 Å². The van der Waals surface area contributed by atoms with Crippen LogP contribution in [0.2, 0.25) is 0 Å². The molecule has 0 radical (unpaired) electrons. The maximum absolute atomic E-state index is 11.2. The minimum atomic E-state index is -0.619. The van der Waals surface area contributed by atoms with Gasteiger partial charge in [0, 0.05) is 12.5 Å². The number of methoxy groups -OCH3 is 1. The molecule has 0 bridgehead atoms. The van der Waals surface area contributed by atoms with Crippen LogP contribution in [0.4, 0.5) is 0 Å². The molecule has 0 saturated carbocycles. The number of nitrogens with one attached hydrogen (secondary N) is 1. The van der Waals surface area contributed by atoms with Crippen LogP contribution >= 0.6 is 0 Å². The monoisotopic (exact) mass is 188 g/mol. The van der Waals surface area contributed by atoms with Crippen LogP contribution in [0.25, 0.3) is 0 Å². The average molecular weight is 188 g/mol. The van der Waals surface area contributed by atoms with Crippen LogP contribution < -0.4 is 11.1 Å². The topological polar surface area (TPSA) is 81.4 Å². The number of hydrogen-bond donors (Lipinski definition) is 2. The van der Waals surface area contributed by atoms with E-state index in [1.807, 2.05) is 0 Å². The zero-order valence-electron chi connectivity index (χ0n) is 8.16. The van der Waals surface area contributed by atoms with Crippen molar-refractivity contribution in [1.29, 1.82) is 0 Å². The van der Waals surface area contributed by atoms with Gasteiger partial charge < -0.3 is 15.8 Å². The van der Waals surface area contributed by atoms with Crippen LogP contribution in [0.15, 0.2) is 0 Å². The normalized spacial score (nSPS) is 14.5. The van der Waals surface area contributed by atoms with E-state index in [0.717, 1.165) is 0 Å². The molecule has 0 heterocycles. The summed E-state index contributed by atoms with van der Waals surface area (Å²) in [5, 5.41) is 2.49. The second-order valence-corrected chi connectivity index (χ2v) is 2.89. The summed E-state index contributed by atoms with van der Waals surface area (Å²) in [5.41, 5.74) is 5.28. The number of rotatable bonds is 4. The van der Waals surface area contributed by atoms with Gasteiger partial charge in [-0.15, -0.1) is 0 Å². The second kappa shape index (κ2) is 5.53. The van der Waals surface area contributed by atoms with Crippen molar-refractivity contribution in [1.82, 2.24) is 5.32 Å². The molecule has 13 heavy (non-hydrogen) atoms. The van der Waals surface area contributed by atoms with Crippen molar-refractivity contribution in [3.8, 4) is 0 Å². The summed E-state index contributed by atoms with van der Waals surface area (Å²) in [4.78, 5) is 22.1. The van der Waals surface area contributed by atoms with Crippen molar-refractivity contribution in [2.45, 2.75) is 19.9 Å². The SMILES string of the molecule is COC(=O)C(C)NC(=O)C(C)CN. The molecule has 0 aliphatic carbocycles. The largest absolute Gasteiger partial charge is 0.467 e. The van der Waals surface area contributed by atoms with Crippen molar-refractivity contribution in [2.24, 2.45) is 11.7 Å². The zero-order valence-corrected chi connectivity index (χ0v) is 8.16. The molecule has 3 N–H and O–H groups in total. The molecule has 0 fully saturated rings. The number of esters is 1. The Morgan fingerprint density at radius 3 is 2.38 bits per heavy atom. The first-order chi connectivity index (χ1) is 6.02. The molecule has 0 rings (SSSR count). The van der Waals surface area contributed by atoms with Crippen LogP contribution in [0.5, 0.6) is 0 Å². The Kier molecular flexibility index (Phi) is 5.06. The second-order valence-electron chi connectivity index (χ2n) is 2.89. The molecule has 0 aromatic rings. The van der Waals surface area contributed by atoms with Gasteiger partial charge in [-0.25, -0.2) is 4.79 Å². The molecule has 76 valence electrons. The maximum atomic E-state index is 11.2. The highest BCUT2D eigenvalue weighted by Crippen LogP contribution is 1.93. The number of ether oxygens (including phenoxy) is 1. The van der Waals surface area contributed by atoms with Crippen molar-refractivity contribution in [3.05, 3.63) is 0 Å². The van der Waals surface area contributed by atoms with E-state index in [9.17, 15) is 9.59 Å². The quantitative estimate of drug-likeness (QED) is 0.569. The molecule has 0 spiro atoms. The molecule has 5 heteroatoms. The maximum Gasteiger partial charge on any atom is 0.328 e. The van der Waals surface area contributed by atoms with E-state index >= 15 is 0 Å². The summed E-state index contributed by atoms with van der Waals surface area (Å²) >= 11 is 0. The van der Waals surface area contributed by atoms with Gasteiger partial charge in [0.15, 0.2) is 0 Å². The van der Waals surface area contributed by atoms with E-state index in [2.05, 4.69) is 10.1 Å². The van der Waals surface area contributed by atoms with Crippen LogP contribution in [0, 0.1) is 5.92 Å². The van der Waals surface area contributed by atoms with Gasteiger partial charge in [0.25, 0.3) is 0 Å². The van der Waals surface area contributed by atoms with Crippen molar-refractivity contribution in [2.75, 3.05) is 13.7 Å². The number of amides is 1. The summed E-state index contributed by atoms with van der Waals surface area (Å²) < 4.78 is 4.44. The third-order valence-corrected chi connectivity index (χ3v) is 1.71. The first-order valence-corrected chi connectivity index (χ1v) is 4.11. The summed E-state index contributed by atoms with van der Waals surface area (Å²) in [5.74, 6) is -0.981. The van der Waals surface area contributed by atoms with Gasteiger partial charge in [-0.1, -0.05) is 6.92 Å². The fraction of sp³-hybridized carbons (Fsp3) is 0.750. The van der Waals surface area contributed by atoms with E-state index in [4.69, 9.17) is 5.73 Å². The summed E-state index contributed by atoms with van der Waals surface area (Å²) in [6, 6.07) is -0.619. The lowest BCUT2D eigenvalue weighted by Crippen LogP contribution is -2.43. The van der Waals surface area contributed by atoms with E-state index in [0.29, 0.717) is 0 Å². The molecular weight excluding hydrogens is 172 g/mol. The standard InChI is InChI=1S/C8H16N2O3/c1-5(4-9)7(11)10-6(2)8(12)13-3/h5-6H,4,9H2,1-3H3,(H,10,11). The van der Waals surface area contributed by atoms with Gasteiger partial charge >= 0.3 is 5.97 Å². The number of carbonyl (C=O) groups excluding carboxylic acids is 2. The predicted molar refractivity (Wildman–Crippen MR) is 47.8 cm³/mol. The fourth-order valence-electron chi connectivity index (χ4n) is 0.698. The van der Waals surface area contributed by atoms with Gasteiger partial charge in [0.1, 0.15) is 6.04 Å². The molecule has 1 amide bonds. The Morgan fingerprint density at radius 2 is 2.00 bits per heavy atom. The van der Waals surface area contributed by atoms with Crippen molar-refractivity contribution >= 4 is 11.9 Å². The van der Waals surface area contributed by atoms with Crippen LogP contribution in [-0.4, -0.2) is 31.6 Å². The third kappa shape index (κ3) is 3.89. The lowest BCUT2D eigenvalue weighted by molar-refractivity contribution is -0.144. The average Bonchev–Trinajstić information content (AvgIpc) is 2.14. The predicted octanol–water partition coefficient (Wildman–Crippen LogP) is -0.741. The minimum Gasteiger partial charge on any atom is -0.467 e. The van der Waals surface area contributed by atoms with E-state index in [-0.39, 0.29) is 18.4 Å². The van der Waals surface area contributed by atoms with Crippen LogP contribution in [-0.2, 0) is 14.3 Å². The molecule has 0 aliphatic rings. The fourth-order valence-corrected chi connectivity index (χ4v) is 0.698. The summed E-state index contributed by atoms with van der Waals surface area (Å²) in [6.07, 6.45) is 0. The third-order valence-electron chi connectivity index (χ3n) is 1.71. The molecule has 0 aliphatic heterocycles. The van der Waals surface area contributed by atoms with Crippen LogP contribution in [0.3, 0.4) is 0 Å². The Hall–Kier alpha value is -1.10. The summed E-state index contributed by atoms with van der Waals surface area (Å²) in [6.45, 7) is 3.52. The minimum absolute atomic E-state index is 0.236. The number of carbonyl (C=O) groups is 2. The van der Waals surface area contributed by atoms with Gasteiger partial charge in [-0.05, 0) is 6.92 Å². The van der Waals surface area contributed by atoms with Gasteiger partial charge in [0.05, 0.1) is 7.11 Å². The number of hydrogen-bond acceptors (Lipinski definition) is 4. The Labute approximate surface area is 77.6 Å². The lowest BCUT2D eigenvalue weighted by Gasteiger charge is -2.14. The molecule has 2 unspecified atom stereocenters. The highest BCUT2D eigenvalue weighted by Gasteiger charge is 2.18. The Bertz CT molecular complexity index is 194. The number of nitrogens with two attached hydrogens (primary N) is 1. The Balaban J connectivity index is 3.98. The van der Waals surface area contributed by atoms with Gasteiger partial charge in [-0.3, -0.25) is 4.79 Å². The molecular formula is C8H16N2O3. The van der Waals surface area contributed by atoms with Crippen molar-refractivity contribution in [3.63, 3.8) is 0 Å². The summed E-state index contributed by atoms with van der Waals surface area (Å²) in [7, 11) is 1.28. The highest BCUT2D eigenvalue weighted by atomic mass is 16.5. The zero-order chi connectivity index (χ0) is 10.4. The first-order valence-electron chi connectivity index (χ1n) is 4.11. The first kappa shape index (κ1) is 11.9. The molecule has 5 nitrogen and oxygen atoms in total. The van der Waals surface area contributed by atoms with Gasteiger partial charge in [0.2, 0.25) is 5.91 Å². The molecule has 2 atom stereocenters. The highest BCUT2D eigenvalue weighted by molar-refractivity contribution is 5.85. The van der Waals surface area contributed by atoms with E-state index < -0.39 is 12.0 Å². The lowest BCUT2D eigenvalue weighted by atomic mass is 10.1. The Morgan fingerprint density at radius 1 is 1.46 bits per heavy atom.